The van der Waals surface area contributed by atoms with Gasteiger partial charge in [0.05, 0.1) is 0 Å². The number of carbonyl (C=O) groups is 1. The zero-order valence-corrected chi connectivity index (χ0v) is 10.6. The van der Waals surface area contributed by atoms with Crippen LogP contribution in [0.1, 0.15) is 22.5 Å². The highest BCUT2D eigenvalue weighted by atomic mass is 79.9. The van der Waals surface area contributed by atoms with Gasteiger partial charge in [-0.15, -0.1) is 11.3 Å². The molecule has 3 nitrogen and oxygen atoms in total. The minimum Gasteiger partial charge on any atom is -0.347 e. The monoisotopic (exact) mass is 288 g/mol. The van der Waals surface area contributed by atoms with Gasteiger partial charge in [0.25, 0.3) is 5.91 Å². The predicted molar refractivity (Wildman–Crippen MR) is 65.1 cm³/mol. The van der Waals surface area contributed by atoms with E-state index in [1.807, 2.05) is 11.4 Å². The van der Waals surface area contributed by atoms with Crippen LogP contribution in [0.15, 0.2) is 15.9 Å². The number of nitrogens with one attached hydrogen (secondary N) is 1. The zero-order valence-electron chi connectivity index (χ0n) is 8.20. The standard InChI is InChI=1S/C10H13BrN2OS/c11-7-3-4-15-9(7)10(14)13-8(5-12)6-1-2-6/h3-4,6,8H,1-2,5,12H2,(H,13,14). The third-order valence-electron chi connectivity index (χ3n) is 2.58. The fourth-order valence-electron chi connectivity index (χ4n) is 1.56. The Morgan fingerprint density at radius 3 is 2.93 bits per heavy atom. The van der Waals surface area contributed by atoms with E-state index < -0.39 is 0 Å². The Balaban J connectivity index is 1.99. The van der Waals surface area contributed by atoms with Gasteiger partial charge in [0.1, 0.15) is 4.88 Å². The summed E-state index contributed by atoms with van der Waals surface area (Å²) >= 11 is 4.79. The van der Waals surface area contributed by atoms with Crippen molar-refractivity contribution in [1.29, 1.82) is 0 Å². The van der Waals surface area contributed by atoms with E-state index in [0.717, 1.165) is 9.35 Å². The fraction of sp³-hybridized carbons (Fsp3) is 0.500. The van der Waals surface area contributed by atoms with Gasteiger partial charge in [0, 0.05) is 17.1 Å². The fourth-order valence-corrected chi connectivity index (χ4v) is 3.01. The molecule has 0 aromatic carbocycles. The van der Waals surface area contributed by atoms with Gasteiger partial charge in [0.2, 0.25) is 0 Å². The Hall–Kier alpha value is -0.390. The molecule has 1 amide bonds. The second-order valence-electron chi connectivity index (χ2n) is 3.75. The molecule has 1 saturated carbocycles. The maximum Gasteiger partial charge on any atom is 0.262 e. The Labute approximate surface area is 101 Å². The summed E-state index contributed by atoms with van der Waals surface area (Å²) in [7, 11) is 0. The van der Waals surface area contributed by atoms with Crippen LogP contribution < -0.4 is 11.1 Å². The largest absolute Gasteiger partial charge is 0.347 e. The lowest BCUT2D eigenvalue weighted by Gasteiger charge is -2.15. The number of rotatable bonds is 4. The van der Waals surface area contributed by atoms with Gasteiger partial charge in [0.15, 0.2) is 0 Å². The number of carbonyl (C=O) groups excluding carboxylic acids is 1. The first kappa shape index (κ1) is 11.1. The third kappa shape index (κ3) is 2.59. The average Bonchev–Trinajstić information content (AvgIpc) is 2.97. The van der Waals surface area contributed by atoms with Crippen LogP contribution in [0.3, 0.4) is 0 Å². The Morgan fingerprint density at radius 1 is 1.73 bits per heavy atom. The molecule has 1 fully saturated rings. The van der Waals surface area contributed by atoms with Crippen LogP contribution in [-0.2, 0) is 0 Å². The minimum absolute atomic E-state index is 0.0146. The van der Waals surface area contributed by atoms with Gasteiger partial charge >= 0.3 is 0 Å². The van der Waals surface area contributed by atoms with Crippen LogP contribution in [0, 0.1) is 5.92 Å². The van der Waals surface area contributed by atoms with E-state index in [9.17, 15) is 4.79 Å². The van der Waals surface area contributed by atoms with Gasteiger partial charge in [-0.1, -0.05) is 0 Å². The molecule has 1 aliphatic carbocycles. The first-order valence-electron chi connectivity index (χ1n) is 4.96. The summed E-state index contributed by atoms with van der Waals surface area (Å²) in [6.45, 7) is 0.527. The molecule has 2 rings (SSSR count). The number of hydrogen-bond acceptors (Lipinski definition) is 3. The molecule has 1 heterocycles. The van der Waals surface area contributed by atoms with Gasteiger partial charge < -0.3 is 11.1 Å². The molecule has 0 spiro atoms. The van der Waals surface area contributed by atoms with E-state index in [1.165, 1.54) is 24.2 Å². The molecule has 0 aliphatic heterocycles. The van der Waals surface area contributed by atoms with Crippen LogP contribution in [0.2, 0.25) is 0 Å². The quantitative estimate of drug-likeness (QED) is 0.890. The van der Waals surface area contributed by atoms with Crippen molar-refractivity contribution in [2.75, 3.05) is 6.54 Å². The molecular weight excluding hydrogens is 276 g/mol. The summed E-state index contributed by atoms with van der Waals surface area (Å²) in [6.07, 6.45) is 2.38. The Bertz CT molecular complexity index is 362. The molecular formula is C10H13BrN2OS. The molecule has 1 aromatic heterocycles. The van der Waals surface area contributed by atoms with Crippen molar-refractivity contribution in [2.45, 2.75) is 18.9 Å². The van der Waals surface area contributed by atoms with Crippen LogP contribution >= 0.6 is 27.3 Å². The van der Waals surface area contributed by atoms with Gasteiger partial charge in [-0.05, 0) is 46.1 Å². The van der Waals surface area contributed by atoms with Gasteiger partial charge in [-0.25, -0.2) is 0 Å². The lowest BCUT2D eigenvalue weighted by atomic mass is 10.2. The highest BCUT2D eigenvalue weighted by Crippen LogP contribution is 2.32. The summed E-state index contributed by atoms with van der Waals surface area (Å²) in [6, 6.07) is 2.03. The second kappa shape index (κ2) is 4.63. The maximum absolute atomic E-state index is 11.8. The number of thiophene rings is 1. The van der Waals surface area contributed by atoms with Crippen molar-refractivity contribution in [3.05, 3.63) is 20.8 Å². The first-order valence-corrected chi connectivity index (χ1v) is 6.63. The molecule has 1 aromatic rings. The molecule has 82 valence electrons. The highest BCUT2D eigenvalue weighted by molar-refractivity contribution is 9.10. The van der Waals surface area contributed by atoms with Crippen molar-refractivity contribution >= 4 is 33.2 Å². The van der Waals surface area contributed by atoms with E-state index in [4.69, 9.17) is 5.73 Å². The molecule has 1 unspecified atom stereocenters. The van der Waals surface area contributed by atoms with E-state index in [-0.39, 0.29) is 11.9 Å². The van der Waals surface area contributed by atoms with Crippen LogP contribution in [-0.4, -0.2) is 18.5 Å². The topological polar surface area (TPSA) is 55.1 Å². The first-order chi connectivity index (χ1) is 7.22. The third-order valence-corrected chi connectivity index (χ3v) is 4.42. The maximum atomic E-state index is 11.8. The van der Waals surface area contributed by atoms with Gasteiger partial charge in [-0.3, -0.25) is 4.79 Å². The summed E-state index contributed by atoms with van der Waals surface area (Å²) < 4.78 is 0.858. The van der Waals surface area contributed by atoms with E-state index in [1.54, 1.807) is 0 Å². The van der Waals surface area contributed by atoms with E-state index in [0.29, 0.717) is 12.5 Å². The molecule has 1 atom stereocenters. The van der Waals surface area contributed by atoms with Crippen molar-refractivity contribution in [3.8, 4) is 0 Å². The lowest BCUT2D eigenvalue weighted by Crippen LogP contribution is -2.41. The molecule has 0 radical (unpaired) electrons. The van der Waals surface area contributed by atoms with Crippen LogP contribution in [0.5, 0.6) is 0 Å². The molecule has 0 bridgehead atoms. The molecule has 5 heteroatoms. The van der Waals surface area contributed by atoms with Crippen molar-refractivity contribution in [3.63, 3.8) is 0 Å². The number of hydrogen-bond donors (Lipinski definition) is 2. The van der Waals surface area contributed by atoms with Crippen molar-refractivity contribution in [2.24, 2.45) is 11.7 Å². The number of nitrogens with two attached hydrogens (primary N) is 1. The molecule has 0 saturated heterocycles. The van der Waals surface area contributed by atoms with Crippen LogP contribution in [0.4, 0.5) is 0 Å². The molecule has 3 N–H and O–H groups in total. The van der Waals surface area contributed by atoms with E-state index >= 15 is 0 Å². The lowest BCUT2D eigenvalue weighted by molar-refractivity contribution is 0.0937. The predicted octanol–water partition coefficient (Wildman–Crippen LogP) is 1.98. The summed E-state index contributed by atoms with van der Waals surface area (Å²) in [4.78, 5) is 12.6. The number of halogens is 1. The van der Waals surface area contributed by atoms with Crippen molar-refractivity contribution in [1.82, 2.24) is 5.32 Å². The number of amides is 1. The summed E-state index contributed by atoms with van der Waals surface area (Å²) in [5.74, 6) is 0.580. The summed E-state index contributed by atoms with van der Waals surface area (Å²) in [5.41, 5.74) is 5.63. The molecule has 1 aliphatic rings. The normalized spacial score (nSPS) is 17.5. The van der Waals surface area contributed by atoms with Crippen molar-refractivity contribution < 1.29 is 4.79 Å². The average molecular weight is 289 g/mol. The summed E-state index contributed by atoms with van der Waals surface area (Å²) in [5, 5.41) is 4.88. The van der Waals surface area contributed by atoms with Crippen LogP contribution in [0.25, 0.3) is 0 Å². The second-order valence-corrected chi connectivity index (χ2v) is 5.52. The molecule has 15 heavy (non-hydrogen) atoms. The SMILES string of the molecule is NCC(NC(=O)c1sccc1Br)C1CC1. The highest BCUT2D eigenvalue weighted by Gasteiger charge is 2.31. The smallest absolute Gasteiger partial charge is 0.262 e. The van der Waals surface area contributed by atoms with Gasteiger partial charge in [-0.2, -0.15) is 0 Å². The minimum atomic E-state index is -0.0146. The Morgan fingerprint density at radius 2 is 2.47 bits per heavy atom. The zero-order chi connectivity index (χ0) is 10.8. The van der Waals surface area contributed by atoms with E-state index in [2.05, 4.69) is 21.2 Å². The Kier molecular flexibility index (Phi) is 3.43.